The van der Waals surface area contributed by atoms with E-state index in [0.717, 1.165) is 11.1 Å². The molecule has 0 aliphatic rings. The van der Waals surface area contributed by atoms with Crippen LogP contribution in [0.4, 0.5) is 13.2 Å². The highest BCUT2D eigenvalue weighted by molar-refractivity contribution is 5.43. The number of alkyl halides is 3. The fourth-order valence-electron chi connectivity index (χ4n) is 3.04. The number of aromatic nitrogens is 1. The molecule has 1 heterocycles. The van der Waals surface area contributed by atoms with Crippen molar-refractivity contribution in [1.82, 2.24) is 5.16 Å². The van der Waals surface area contributed by atoms with Crippen molar-refractivity contribution in [2.45, 2.75) is 32.2 Å². The van der Waals surface area contributed by atoms with Gasteiger partial charge < -0.3 is 15.0 Å². The van der Waals surface area contributed by atoms with Crippen LogP contribution < -0.4 is 10.5 Å². The molecule has 1 unspecified atom stereocenters. The summed E-state index contributed by atoms with van der Waals surface area (Å²) in [6.45, 7) is 3.71. The Balaban J connectivity index is 2.08. The minimum Gasteiger partial charge on any atom is -0.406 e. The van der Waals surface area contributed by atoms with E-state index in [4.69, 9.17) is 10.3 Å². The van der Waals surface area contributed by atoms with E-state index in [9.17, 15) is 13.2 Å². The molecule has 0 fully saturated rings. The third-order valence-electron chi connectivity index (χ3n) is 4.25. The van der Waals surface area contributed by atoms with Gasteiger partial charge in [0, 0.05) is 12.5 Å². The molecule has 1 atom stereocenters. The predicted octanol–water partition coefficient (Wildman–Crippen LogP) is 4.64. The average molecular weight is 376 g/mol. The quantitative estimate of drug-likeness (QED) is 0.705. The van der Waals surface area contributed by atoms with Gasteiger partial charge in [-0.2, -0.15) is 0 Å². The Morgan fingerprint density at radius 3 is 2.26 bits per heavy atom. The Bertz CT molecular complexity index is 937. The van der Waals surface area contributed by atoms with E-state index >= 15 is 0 Å². The van der Waals surface area contributed by atoms with Crippen molar-refractivity contribution >= 4 is 0 Å². The smallest absolute Gasteiger partial charge is 0.406 e. The second kappa shape index (κ2) is 7.08. The molecule has 0 saturated heterocycles. The van der Waals surface area contributed by atoms with Gasteiger partial charge in [0.25, 0.3) is 0 Å². The number of rotatable bonds is 5. The fourth-order valence-corrected chi connectivity index (χ4v) is 3.04. The molecule has 0 aliphatic carbocycles. The third kappa shape index (κ3) is 4.49. The molecule has 0 bridgehead atoms. The maximum Gasteiger partial charge on any atom is 0.573 e. The van der Waals surface area contributed by atoms with Gasteiger partial charge in [0.05, 0.1) is 11.2 Å². The average Bonchev–Trinajstić information content (AvgIpc) is 2.98. The van der Waals surface area contributed by atoms with Crippen molar-refractivity contribution in [3.8, 4) is 5.75 Å². The molecule has 142 valence electrons. The minimum absolute atomic E-state index is 0.229. The van der Waals surface area contributed by atoms with E-state index in [1.165, 1.54) is 18.2 Å². The zero-order valence-corrected chi connectivity index (χ0v) is 14.9. The van der Waals surface area contributed by atoms with Gasteiger partial charge in [0.15, 0.2) is 0 Å². The molecule has 0 amide bonds. The number of nitrogens with zero attached hydrogens (tertiary/aromatic N) is 1. The number of ether oxygens (including phenoxy) is 1. The first-order valence-corrected chi connectivity index (χ1v) is 8.30. The van der Waals surface area contributed by atoms with E-state index in [-0.39, 0.29) is 12.2 Å². The van der Waals surface area contributed by atoms with Crippen LogP contribution >= 0.6 is 0 Å². The van der Waals surface area contributed by atoms with Crippen LogP contribution in [0.1, 0.15) is 28.1 Å². The lowest BCUT2D eigenvalue weighted by Gasteiger charge is -2.30. The van der Waals surface area contributed by atoms with E-state index in [1.54, 1.807) is 19.1 Å². The van der Waals surface area contributed by atoms with Crippen LogP contribution in [0.25, 0.3) is 0 Å². The highest BCUT2D eigenvalue weighted by Crippen LogP contribution is 2.34. The molecule has 0 saturated carbocycles. The summed E-state index contributed by atoms with van der Waals surface area (Å²) in [5.41, 5.74) is 8.55. The van der Waals surface area contributed by atoms with E-state index in [2.05, 4.69) is 9.89 Å². The number of benzene rings is 2. The summed E-state index contributed by atoms with van der Waals surface area (Å²) in [6, 6.07) is 15.0. The molecule has 27 heavy (non-hydrogen) atoms. The summed E-state index contributed by atoms with van der Waals surface area (Å²) in [5, 5.41) is 3.87. The van der Waals surface area contributed by atoms with Crippen molar-refractivity contribution < 1.29 is 22.4 Å². The molecule has 2 N–H and O–H groups in total. The standard InChI is InChI=1S/C20H19F3N2O2/c1-13-5-3-6-15(9-13)19(24,12-18-10-14(2)25-27-18)16-7-4-8-17(11-16)26-20(21,22)23/h3-11H,12,24H2,1-2H3. The van der Waals surface area contributed by atoms with Crippen LogP contribution in [0.2, 0.25) is 0 Å². The van der Waals surface area contributed by atoms with Crippen LogP contribution in [-0.2, 0) is 12.0 Å². The summed E-state index contributed by atoms with van der Waals surface area (Å²) < 4.78 is 47.2. The number of aryl methyl sites for hydroxylation is 2. The van der Waals surface area contributed by atoms with Crippen LogP contribution in [0.5, 0.6) is 5.75 Å². The summed E-state index contributed by atoms with van der Waals surface area (Å²) in [5.74, 6) is 0.217. The molecular weight excluding hydrogens is 357 g/mol. The molecule has 7 heteroatoms. The highest BCUT2D eigenvalue weighted by atomic mass is 19.4. The number of hydrogen-bond donors (Lipinski definition) is 1. The number of halogens is 3. The molecule has 1 aromatic heterocycles. The van der Waals surface area contributed by atoms with Crippen LogP contribution in [0.3, 0.4) is 0 Å². The van der Waals surface area contributed by atoms with Gasteiger partial charge in [-0.1, -0.05) is 47.1 Å². The van der Waals surface area contributed by atoms with Gasteiger partial charge in [-0.3, -0.25) is 0 Å². The van der Waals surface area contributed by atoms with Gasteiger partial charge in [-0.05, 0) is 37.1 Å². The minimum atomic E-state index is -4.78. The SMILES string of the molecule is Cc1cccc(C(N)(Cc2cc(C)no2)c2cccc(OC(F)(F)F)c2)c1. The Morgan fingerprint density at radius 2 is 1.67 bits per heavy atom. The Kier molecular flexibility index (Phi) is 4.97. The molecule has 0 aliphatic heterocycles. The first-order chi connectivity index (χ1) is 12.7. The third-order valence-corrected chi connectivity index (χ3v) is 4.25. The van der Waals surface area contributed by atoms with Crippen LogP contribution in [0.15, 0.2) is 59.1 Å². The monoisotopic (exact) mass is 376 g/mol. The molecule has 4 nitrogen and oxygen atoms in total. The number of hydrogen-bond acceptors (Lipinski definition) is 4. The molecule has 3 aromatic rings. The summed E-state index contributed by atoms with van der Waals surface area (Å²) >= 11 is 0. The topological polar surface area (TPSA) is 61.3 Å². The van der Waals surface area contributed by atoms with Gasteiger partial charge in [0.1, 0.15) is 11.5 Å². The van der Waals surface area contributed by atoms with Crippen molar-refractivity contribution in [2.24, 2.45) is 5.73 Å². The first-order valence-electron chi connectivity index (χ1n) is 8.30. The number of nitrogens with two attached hydrogens (primary N) is 1. The molecule has 2 aromatic carbocycles. The van der Waals surface area contributed by atoms with Crippen molar-refractivity contribution in [3.63, 3.8) is 0 Å². The molecule has 0 spiro atoms. The second-order valence-electron chi connectivity index (χ2n) is 6.53. The second-order valence-corrected chi connectivity index (χ2v) is 6.53. The summed E-state index contributed by atoms with van der Waals surface area (Å²) in [7, 11) is 0. The Labute approximate surface area is 154 Å². The van der Waals surface area contributed by atoms with Gasteiger partial charge in [-0.25, -0.2) is 0 Å². The fraction of sp³-hybridized carbons (Fsp3) is 0.250. The zero-order chi connectivity index (χ0) is 19.7. The maximum absolute atomic E-state index is 12.6. The maximum atomic E-state index is 12.6. The van der Waals surface area contributed by atoms with Crippen molar-refractivity contribution in [2.75, 3.05) is 0 Å². The normalized spacial score (nSPS) is 14.0. The summed E-state index contributed by atoms with van der Waals surface area (Å²) in [6.07, 6.45) is -4.55. The lowest BCUT2D eigenvalue weighted by atomic mass is 9.79. The van der Waals surface area contributed by atoms with Gasteiger partial charge >= 0.3 is 6.36 Å². The molecule has 0 radical (unpaired) electrons. The lowest BCUT2D eigenvalue weighted by molar-refractivity contribution is -0.274. The highest BCUT2D eigenvalue weighted by Gasteiger charge is 2.34. The van der Waals surface area contributed by atoms with E-state index in [0.29, 0.717) is 17.0 Å². The van der Waals surface area contributed by atoms with Crippen molar-refractivity contribution in [1.29, 1.82) is 0 Å². The Hall–Kier alpha value is -2.80. The first kappa shape index (κ1) is 19.0. The molecule has 3 rings (SSSR count). The summed E-state index contributed by atoms with van der Waals surface area (Å²) in [4.78, 5) is 0. The van der Waals surface area contributed by atoms with Crippen molar-refractivity contribution in [3.05, 3.63) is 82.7 Å². The lowest BCUT2D eigenvalue weighted by Crippen LogP contribution is -2.40. The predicted molar refractivity (Wildman–Crippen MR) is 94.2 cm³/mol. The largest absolute Gasteiger partial charge is 0.573 e. The van der Waals surface area contributed by atoms with Crippen LogP contribution in [0, 0.1) is 13.8 Å². The Morgan fingerprint density at radius 1 is 1.00 bits per heavy atom. The molecular formula is C20H19F3N2O2. The van der Waals surface area contributed by atoms with E-state index in [1.807, 2.05) is 31.2 Å². The zero-order valence-electron chi connectivity index (χ0n) is 14.9. The van der Waals surface area contributed by atoms with Crippen LogP contribution in [-0.4, -0.2) is 11.5 Å². The van der Waals surface area contributed by atoms with Gasteiger partial charge in [-0.15, -0.1) is 13.2 Å². The van der Waals surface area contributed by atoms with E-state index < -0.39 is 11.9 Å². The van der Waals surface area contributed by atoms with Gasteiger partial charge in [0.2, 0.25) is 0 Å².